The number of piperidine rings is 1. The van der Waals surface area contributed by atoms with E-state index in [-0.39, 0.29) is 23.6 Å². The number of likely N-dealkylation sites (tertiary alicyclic amines) is 1. The van der Waals surface area contributed by atoms with E-state index in [9.17, 15) is 19.5 Å². The van der Waals surface area contributed by atoms with Gasteiger partial charge >= 0.3 is 0 Å². The highest BCUT2D eigenvalue weighted by Gasteiger charge is 2.55. The predicted octanol–water partition coefficient (Wildman–Crippen LogP) is 3.85. The third kappa shape index (κ3) is 6.32. The second-order valence-corrected chi connectivity index (χ2v) is 12.0. The lowest BCUT2D eigenvalue weighted by molar-refractivity contribution is -0.165. The van der Waals surface area contributed by atoms with Crippen molar-refractivity contribution < 1.29 is 24.2 Å². The molecule has 2 heterocycles. The largest absolute Gasteiger partial charge is 0.457 e. The average molecular weight is 577 g/mol. The van der Waals surface area contributed by atoms with Crippen LogP contribution < -0.4 is 15.4 Å². The lowest BCUT2D eigenvalue weighted by Crippen LogP contribution is -2.75. The minimum absolute atomic E-state index is 0.0783. The van der Waals surface area contributed by atoms with Gasteiger partial charge in [-0.25, -0.2) is 0 Å². The SMILES string of the molecule is CCCCN1C(=O)C(C(O)C2CCCC2)NC(=O)C12CCN(Cc1ccc(Oc3ccc(C(=O)NC)cc3)cc1)CC2. The Hall–Kier alpha value is -3.43. The second kappa shape index (κ2) is 13.3. The van der Waals surface area contributed by atoms with E-state index in [2.05, 4.69) is 22.5 Å². The third-order valence-electron chi connectivity index (χ3n) is 9.31. The van der Waals surface area contributed by atoms with Gasteiger partial charge in [0.2, 0.25) is 11.8 Å². The Balaban J connectivity index is 1.19. The smallest absolute Gasteiger partial charge is 0.251 e. The molecule has 2 aromatic carbocycles. The van der Waals surface area contributed by atoms with Gasteiger partial charge in [0.05, 0.1) is 6.10 Å². The Kier molecular flexibility index (Phi) is 9.48. The van der Waals surface area contributed by atoms with Crippen LogP contribution in [-0.2, 0) is 16.1 Å². The number of aliphatic hydroxyl groups is 1. The van der Waals surface area contributed by atoms with E-state index in [4.69, 9.17) is 4.74 Å². The molecule has 0 aromatic heterocycles. The summed E-state index contributed by atoms with van der Waals surface area (Å²) in [5, 5.41) is 16.6. The lowest BCUT2D eigenvalue weighted by Gasteiger charge is -2.52. The van der Waals surface area contributed by atoms with Crippen LogP contribution in [0.2, 0.25) is 0 Å². The number of carbonyl (C=O) groups excluding carboxylic acids is 3. The number of nitrogens with one attached hydrogen (secondary N) is 2. The summed E-state index contributed by atoms with van der Waals surface area (Å²) in [5.41, 5.74) is 0.869. The summed E-state index contributed by atoms with van der Waals surface area (Å²) in [6.07, 6.45) is 6.07. The minimum Gasteiger partial charge on any atom is -0.457 e. The first kappa shape index (κ1) is 30.0. The van der Waals surface area contributed by atoms with E-state index in [1.807, 2.05) is 29.2 Å². The summed E-state index contributed by atoms with van der Waals surface area (Å²) in [4.78, 5) is 43.3. The van der Waals surface area contributed by atoms with Crippen LogP contribution in [0.15, 0.2) is 48.5 Å². The Morgan fingerprint density at radius 1 is 1.05 bits per heavy atom. The van der Waals surface area contributed by atoms with Crippen molar-refractivity contribution in [2.45, 2.75) is 82.5 Å². The molecular formula is C33H44N4O5. The molecule has 9 heteroatoms. The molecule has 0 radical (unpaired) electrons. The van der Waals surface area contributed by atoms with Crippen LogP contribution in [-0.4, -0.2) is 77.0 Å². The zero-order valence-corrected chi connectivity index (χ0v) is 24.8. The number of amides is 3. The fraction of sp³-hybridized carbons (Fsp3) is 0.545. The third-order valence-corrected chi connectivity index (χ3v) is 9.31. The summed E-state index contributed by atoms with van der Waals surface area (Å²) in [6.45, 7) is 4.79. The van der Waals surface area contributed by atoms with E-state index in [0.717, 1.165) is 50.6 Å². The Morgan fingerprint density at radius 3 is 2.26 bits per heavy atom. The molecule has 3 amide bonds. The van der Waals surface area contributed by atoms with Gasteiger partial charge in [0.25, 0.3) is 5.91 Å². The standard InChI is InChI=1S/C33H44N4O5/c1-3-4-19-37-31(40)28(29(38)24-7-5-6-8-24)35-32(41)33(37)17-20-36(21-18-33)22-23-9-13-26(14-10-23)42-27-15-11-25(12-16-27)30(39)34-2/h9-16,24,28-29,38H,3-8,17-22H2,1-2H3,(H,34,39)(H,35,41). The molecule has 2 unspecified atom stereocenters. The van der Waals surface area contributed by atoms with Crippen LogP contribution in [0.1, 0.15) is 74.2 Å². The second-order valence-electron chi connectivity index (χ2n) is 12.0. The van der Waals surface area contributed by atoms with E-state index in [1.165, 1.54) is 0 Å². The van der Waals surface area contributed by atoms with Crippen molar-refractivity contribution >= 4 is 17.7 Å². The summed E-state index contributed by atoms with van der Waals surface area (Å²) < 4.78 is 5.95. The molecule has 2 aliphatic heterocycles. The Bertz CT molecular complexity index is 1230. The molecule has 2 atom stereocenters. The zero-order valence-electron chi connectivity index (χ0n) is 24.8. The van der Waals surface area contributed by atoms with Gasteiger partial charge in [-0.1, -0.05) is 38.3 Å². The number of rotatable bonds is 10. The van der Waals surface area contributed by atoms with E-state index >= 15 is 0 Å². The number of hydrogen-bond donors (Lipinski definition) is 3. The molecule has 3 fully saturated rings. The molecule has 1 saturated carbocycles. The number of piperazine rings is 1. The maximum absolute atomic E-state index is 13.8. The molecular weight excluding hydrogens is 532 g/mol. The van der Waals surface area contributed by atoms with Gasteiger partial charge in [0, 0.05) is 38.8 Å². The number of unbranched alkanes of at least 4 members (excludes halogenated alkanes) is 1. The topological polar surface area (TPSA) is 111 Å². The van der Waals surface area contributed by atoms with Crippen molar-refractivity contribution in [3.63, 3.8) is 0 Å². The summed E-state index contributed by atoms with van der Waals surface area (Å²) >= 11 is 0. The molecule has 3 N–H and O–H groups in total. The normalized spacial score (nSPS) is 21.8. The fourth-order valence-corrected chi connectivity index (χ4v) is 6.74. The average Bonchev–Trinajstić information content (AvgIpc) is 3.56. The molecule has 1 aliphatic carbocycles. The number of nitrogens with zero attached hydrogens (tertiary/aromatic N) is 2. The van der Waals surface area contributed by atoms with Crippen molar-refractivity contribution in [2.75, 3.05) is 26.7 Å². The molecule has 3 aliphatic rings. The maximum atomic E-state index is 13.8. The molecule has 0 bridgehead atoms. The van der Waals surface area contributed by atoms with E-state index in [1.54, 1.807) is 31.3 Å². The van der Waals surface area contributed by atoms with Gasteiger partial charge in [0.15, 0.2) is 0 Å². The predicted molar refractivity (Wildman–Crippen MR) is 160 cm³/mol. The highest BCUT2D eigenvalue weighted by Crippen LogP contribution is 2.37. The van der Waals surface area contributed by atoms with Crippen LogP contribution in [0.3, 0.4) is 0 Å². The maximum Gasteiger partial charge on any atom is 0.251 e. The summed E-state index contributed by atoms with van der Waals surface area (Å²) in [5.74, 6) is 1.08. The van der Waals surface area contributed by atoms with E-state index in [0.29, 0.717) is 49.5 Å². The van der Waals surface area contributed by atoms with Gasteiger partial charge < -0.3 is 25.4 Å². The number of carbonyl (C=O) groups is 3. The first-order chi connectivity index (χ1) is 20.3. The number of benzene rings is 2. The fourth-order valence-electron chi connectivity index (χ4n) is 6.74. The van der Waals surface area contributed by atoms with Crippen molar-refractivity contribution in [1.82, 2.24) is 20.4 Å². The summed E-state index contributed by atoms with van der Waals surface area (Å²) in [6, 6.07) is 14.1. The first-order valence-electron chi connectivity index (χ1n) is 15.5. The Labute approximate surface area is 248 Å². The van der Waals surface area contributed by atoms with Crippen molar-refractivity contribution in [2.24, 2.45) is 5.92 Å². The quantitative estimate of drug-likeness (QED) is 0.396. The zero-order chi connectivity index (χ0) is 29.7. The van der Waals surface area contributed by atoms with Crippen LogP contribution in [0, 0.1) is 5.92 Å². The van der Waals surface area contributed by atoms with Crippen molar-refractivity contribution in [1.29, 1.82) is 0 Å². The van der Waals surface area contributed by atoms with Gasteiger partial charge in [-0.3, -0.25) is 19.3 Å². The highest BCUT2D eigenvalue weighted by molar-refractivity contribution is 6.00. The van der Waals surface area contributed by atoms with Gasteiger partial charge in [-0.15, -0.1) is 0 Å². The Morgan fingerprint density at radius 2 is 1.67 bits per heavy atom. The molecule has 2 saturated heterocycles. The molecule has 42 heavy (non-hydrogen) atoms. The number of aliphatic hydroxyl groups excluding tert-OH is 1. The molecule has 5 rings (SSSR count). The van der Waals surface area contributed by atoms with Crippen LogP contribution in [0.5, 0.6) is 11.5 Å². The first-order valence-corrected chi connectivity index (χ1v) is 15.5. The molecule has 226 valence electrons. The minimum atomic E-state index is -0.848. The molecule has 1 spiro atoms. The highest BCUT2D eigenvalue weighted by atomic mass is 16.5. The van der Waals surface area contributed by atoms with Crippen molar-refractivity contribution in [3.05, 3.63) is 59.7 Å². The number of ether oxygens (including phenoxy) is 1. The van der Waals surface area contributed by atoms with Crippen molar-refractivity contribution in [3.8, 4) is 11.5 Å². The van der Waals surface area contributed by atoms with Crippen LogP contribution >= 0.6 is 0 Å². The number of hydrogen-bond acceptors (Lipinski definition) is 6. The monoisotopic (exact) mass is 576 g/mol. The van der Waals surface area contributed by atoms with Crippen LogP contribution in [0.25, 0.3) is 0 Å². The van der Waals surface area contributed by atoms with Crippen LogP contribution in [0.4, 0.5) is 0 Å². The molecule has 2 aromatic rings. The summed E-state index contributed by atoms with van der Waals surface area (Å²) in [7, 11) is 1.60. The lowest BCUT2D eigenvalue weighted by atomic mass is 9.80. The van der Waals surface area contributed by atoms with Gasteiger partial charge in [0.1, 0.15) is 23.1 Å². The molecule has 9 nitrogen and oxygen atoms in total. The van der Waals surface area contributed by atoms with E-state index < -0.39 is 17.7 Å². The van der Waals surface area contributed by atoms with Gasteiger partial charge in [-0.2, -0.15) is 0 Å². The van der Waals surface area contributed by atoms with Gasteiger partial charge in [-0.05, 0) is 80.0 Å².